The lowest BCUT2D eigenvalue weighted by atomic mass is 9.92. The highest BCUT2D eigenvalue weighted by atomic mass is 32.1. The average molecular weight is 386 g/mol. The monoisotopic (exact) mass is 386 g/mol. The minimum atomic E-state index is -0.124. The summed E-state index contributed by atoms with van der Waals surface area (Å²) in [6, 6.07) is 3.92. The SMILES string of the molecule is C[C@@H]1CCN(C(=O)CC#N)C[C@@H]1N(C)c1ncnc2c1ccn2C(=S)NN. The van der Waals surface area contributed by atoms with Crippen LogP contribution in [-0.4, -0.2) is 56.6 Å². The topological polar surface area (TPSA) is 116 Å². The maximum absolute atomic E-state index is 12.2. The molecule has 0 aliphatic carbocycles. The van der Waals surface area contributed by atoms with Gasteiger partial charge in [-0.2, -0.15) is 5.26 Å². The number of hydrogen-bond donors (Lipinski definition) is 2. The average Bonchev–Trinajstić information content (AvgIpc) is 3.11. The van der Waals surface area contributed by atoms with Gasteiger partial charge in [0.15, 0.2) is 10.8 Å². The zero-order valence-corrected chi connectivity index (χ0v) is 16.1. The normalized spacial score (nSPS) is 19.6. The quantitative estimate of drug-likeness (QED) is 0.448. The molecule has 3 heterocycles. The molecule has 2 atom stereocenters. The smallest absolute Gasteiger partial charge is 0.236 e. The van der Waals surface area contributed by atoms with Crippen molar-refractivity contribution >= 4 is 40.1 Å². The van der Waals surface area contributed by atoms with Crippen LogP contribution in [0.2, 0.25) is 0 Å². The molecule has 2 aromatic rings. The van der Waals surface area contributed by atoms with Gasteiger partial charge in [0.2, 0.25) is 5.91 Å². The Morgan fingerprint density at radius 1 is 1.56 bits per heavy atom. The Morgan fingerprint density at radius 3 is 3.04 bits per heavy atom. The van der Waals surface area contributed by atoms with Crippen LogP contribution in [0.1, 0.15) is 19.8 Å². The molecular weight excluding hydrogens is 364 g/mol. The molecule has 0 saturated carbocycles. The predicted molar refractivity (Wildman–Crippen MR) is 106 cm³/mol. The van der Waals surface area contributed by atoms with Crippen LogP contribution in [0.25, 0.3) is 11.0 Å². The Hall–Kier alpha value is -2.77. The third-order valence-corrected chi connectivity index (χ3v) is 5.45. The van der Waals surface area contributed by atoms with E-state index in [0.717, 1.165) is 17.6 Å². The second kappa shape index (κ2) is 7.85. The second-order valence-electron chi connectivity index (χ2n) is 6.69. The summed E-state index contributed by atoms with van der Waals surface area (Å²) in [7, 11) is 1.97. The molecule has 0 radical (unpaired) electrons. The van der Waals surface area contributed by atoms with Gasteiger partial charge in [0.1, 0.15) is 18.6 Å². The van der Waals surface area contributed by atoms with Crippen LogP contribution in [0.4, 0.5) is 5.82 Å². The van der Waals surface area contributed by atoms with Crippen LogP contribution >= 0.6 is 12.2 Å². The van der Waals surface area contributed by atoms with Gasteiger partial charge in [0.25, 0.3) is 0 Å². The highest BCUT2D eigenvalue weighted by molar-refractivity contribution is 7.80. The lowest BCUT2D eigenvalue weighted by Gasteiger charge is -2.42. The van der Waals surface area contributed by atoms with Gasteiger partial charge in [-0.1, -0.05) is 6.92 Å². The van der Waals surface area contributed by atoms with Crippen molar-refractivity contribution < 1.29 is 4.79 Å². The van der Waals surface area contributed by atoms with E-state index < -0.39 is 0 Å². The van der Waals surface area contributed by atoms with E-state index in [-0.39, 0.29) is 18.4 Å². The van der Waals surface area contributed by atoms with Crippen molar-refractivity contribution in [2.24, 2.45) is 11.8 Å². The van der Waals surface area contributed by atoms with E-state index in [9.17, 15) is 4.79 Å². The van der Waals surface area contributed by atoms with Crippen LogP contribution in [0, 0.1) is 17.2 Å². The zero-order chi connectivity index (χ0) is 19.6. The number of nitriles is 1. The van der Waals surface area contributed by atoms with Gasteiger partial charge >= 0.3 is 0 Å². The molecule has 27 heavy (non-hydrogen) atoms. The molecule has 1 aliphatic rings. The molecule has 10 heteroatoms. The summed E-state index contributed by atoms with van der Waals surface area (Å²) in [6.45, 7) is 3.41. The van der Waals surface area contributed by atoms with Crippen LogP contribution < -0.4 is 16.2 Å². The molecule has 0 spiro atoms. The molecule has 0 unspecified atom stereocenters. The summed E-state index contributed by atoms with van der Waals surface area (Å²) in [5.74, 6) is 6.45. The first-order valence-electron chi connectivity index (χ1n) is 8.68. The first kappa shape index (κ1) is 19.0. The van der Waals surface area contributed by atoms with Crippen molar-refractivity contribution in [3.63, 3.8) is 0 Å². The summed E-state index contributed by atoms with van der Waals surface area (Å²) in [5.41, 5.74) is 3.12. The number of hydrazine groups is 1. The number of thiocarbonyl (C=S) groups is 1. The molecule has 3 rings (SSSR count). The number of piperidine rings is 1. The number of likely N-dealkylation sites (N-methyl/N-ethyl adjacent to an activating group) is 1. The van der Waals surface area contributed by atoms with Crippen molar-refractivity contribution in [1.82, 2.24) is 24.9 Å². The molecular formula is C17H22N8OS. The molecule has 0 bridgehead atoms. The lowest BCUT2D eigenvalue weighted by Crippen LogP contribution is -2.52. The van der Waals surface area contributed by atoms with Gasteiger partial charge in [0.05, 0.1) is 17.5 Å². The molecule has 1 fully saturated rings. The standard InChI is InChI=1S/C17H22N8OS/c1-11-4-7-24(14(26)3-6-18)9-13(11)23(2)15-12-5-8-25(17(27)22-19)16(12)21-10-20-15/h5,8,10-11,13H,3-4,7,9,19H2,1-2H3,(H,22,27)/t11-,13+/m1/s1. The number of carbonyl (C=O) groups is 1. The first-order valence-corrected chi connectivity index (χ1v) is 9.09. The van der Waals surface area contributed by atoms with Crippen LogP contribution in [0.5, 0.6) is 0 Å². The number of nitrogens with zero attached hydrogens (tertiary/aromatic N) is 6. The number of hydrogen-bond acceptors (Lipinski definition) is 7. The van der Waals surface area contributed by atoms with Crippen LogP contribution in [0.15, 0.2) is 18.6 Å². The molecule has 0 aromatic carbocycles. The van der Waals surface area contributed by atoms with E-state index in [1.165, 1.54) is 6.33 Å². The number of nitrogens with one attached hydrogen (secondary N) is 1. The van der Waals surface area contributed by atoms with Crippen molar-refractivity contribution in [1.29, 1.82) is 5.26 Å². The van der Waals surface area contributed by atoms with Crippen molar-refractivity contribution in [2.75, 3.05) is 25.0 Å². The fourth-order valence-electron chi connectivity index (χ4n) is 3.57. The zero-order valence-electron chi connectivity index (χ0n) is 15.3. The molecule has 2 aromatic heterocycles. The first-order chi connectivity index (χ1) is 13.0. The number of likely N-dealkylation sites (tertiary alicyclic amines) is 1. The summed E-state index contributed by atoms with van der Waals surface area (Å²) in [6.07, 6.45) is 4.08. The summed E-state index contributed by atoms with van der Waals surface area (Å²) in [4.78, 5) is 24.8. The summed E-state index contributed by atoms with van der Waals surface area (Å²) >= 11 is 5.21. The lowest BCUT2D eigenvalue weighted by molar-refractivity contribution is -0.131. The Morgan fingerprint density at radius 2 is 2.33 bits per heavy atom. The van der Waals surface area contributed by atoms with Gasteiger partial charge in [-0.05, 0) is 30.6 Å². The Balaban J connectivity index is 1.91. The van der Waals surface area contributed by atoms with Gasteiger partial charge in [-0.15, -0.1) is 0 Å². The van der Waals surface area contributed by atoms with Gasteiger partial charge in [0, 0.05) is 26.3 Å². The van der Waals surface area contributed by atoms with E-state index in [4.69, 9.17) is 23.3 Å². The molecule has 142 valence electrons. The third kappa shape index (κ3) is 3.56. The fourth-order valence-corrected chi connectivity index (χ4v) is 3.72. The molecule has 1 amide bonds. The third-order valence-electron chi connectivity index (χ3n) is 5.14. The largest absolute Gasteiger partial charge is 0.354 e. The van der Waals surface area contributed by atoms with E-state index >= 15 is 0 Å². The van der Waals surface area contributed by atoms with Crippen molar-refractivity contribution in [2.45, 2.75) is 25.8 Å². The number of fused-ring (bicyclic) bond motifs is 1. The number of nitrogens with two attached hydrogens (primary N) is 1. The van der Waals surface area contributed by atoms with Gasteiger partial charge in [-0.25, -0.2) is 15.8 Å². The van der Waals surface area contributed by atoms with E-state index in [1.54, 1.807) is 15.7 Å². The number of amides is 1. The van der Waals surface area contributed by atoms with Gasteiger partial charge in [-0.3, -0.25) is 9.36 Å². The summed E-state index contributed by atoms with van der Waals surface area (Å²) < 4.78 is 1.69. The molecule has 1 aliphatic heterocycles. The van der Waals surface area contributed by atoms with E-state index in [2.05, 4.69) is 27.2 Å². The van der Waals surface area contributed by atoms with E-state index in [1.807, 2.05) is 19.2 Å². The van der Waals surface area contributed by atoms with Crippen LogP contribution in [0.3, 0.4) is 0 Å². The minimum absolute atomic E-state index is 0.0856. The molecule has 3 N–H and O–H groups in total. The number of carbonyl (C=O) groups excluding carboxylic acids is 1. The number of anilines is 1. The fraction of sp³-hybridized carbons (Fsp3) is 0.471. The molecule has 9 nitrogen and oxygen atoms in total. The Bertz CT molecular complexity index is 904. The highest BCUT2D eigenvalue weighted by Crippen LogP contribution is 2.29. The maximum atomic E-state index is 12.2. The molecule has 1 saturated heterocycles. The predicted octanol–water partition coefficient (Wildman–Crippen LogP) is 0.614. The van der Waals surface area contributed by atoms with Crippen LogP contribution in [-0.2, 0) is 4.79 Å². The summed E-state index contributed by atoms with van der Waals surface area (Å²) in [5, 5.41) is 10.0. The minimum Gasteiger partial charge on any atom is -0.354 e. The van der Waals surface area contributed by atoms with E-state index in [0.29, 0.717) is 29.8 Å². The number of aromatic nitrogens is 3. The Labute approximate surface area is 162 Å². The van der Waals surface area contributed by atoms with Crippen molar-refractivity contribution in [3.8, 4) is 6.07 Å². The Kier molecular flexibility index (Phi) is 5.53. The second-order valence-corrected chi connectivity index (χ2v) is 7.08. The maximum Gasteiger partial charge on any atom is 0.236 e. The number of rotatable bonds is 3. The van der Waals surface area contributed by atoms with Crippen molar-refractivity contribution in [3.05, 3.63) is 18.6 Å². The van der Waals surface area contributed by atoms with Gasteiger partial charge < -0.3 is 15.2 Å². The highest BCUT2D eigenvalue weighted by Gasteiger charge is 2.32.